The standard InChI is InChI=1S/C22H24F3N3O3/c1-26(21(29)13-16-7-9-18(10-8-16)22(23,24)25)20(15-27-11-2-3-12-27)17-5-4-6-19(14-17)28(30)31/h4-10,14,20H,2-3,11-13,15H2,1H3/t20-/m1/s1. The van der Waals surface area contributed by atoms with Crippen molar-refractivity contribution in [1.82, 2.24) is 9.80 Å². The van der Waals surface area contributed by atoms with Crippen LogP contribution in [-0.2, 0) is 17.4 Å². The Kier molecular flexibility index (Phi) is 6.94. The molecule has 1 aliphatic heterocycles. The normalized spacial score (nSPS) is 15.6. The molecule has 3 rings (SSSR count). The van der Waals surface area contributed by atoms with Crippen LogP contribution in [0.2, 0.25) is 0 Å². The third kappa shape index (κ3) is 5.81. The van der Waals surface area contributed by atoms with Gasteiger partial charge in [0.2, 0.25) is 5.91 Å². The van der Waals surface area contributed by atoms with E-state index in [0.29, 0.717) is 17.7 Å². The van der Waals surface area contributed by atoms with E-state index in [0.717, 1.165) is 38.1 Å². The molecule has 1 fully saturated rings. The molecule has 166 valence electrons. The molecule has 0 bridgehead atoms. The van der Waals surface area contributed by atoms with E-state index in [-0.39, 0.29) is 18.0 Å². The minimum atomic E-state index is -4.43. The lowest BCUT2D eigenvalue weighted by molar-refractivity contribution is -0.385. The molecule has 0 saturated carbocycles. The zero-order chi connectivity index (χ0) is 22.6. The molecular formula is C22H24F3N3O3. The Balaban J connectivity index is 1.79. The number of hydrogen-bond donors (Lipinski definition) is 0. The lowest BCUT2D eigenvalue weighted by Gasteiger charge is -2.32. The second-order valence-electron chi connectivity index (χ2n) is 7.75. The van der Waals surface area contributed by atoms with Crippen molar-refractivity contribution in [2.24, 2.45) is 0 Å². The maximum Gasteiger partial charge on any atom is 0.416 e. The van der Waals surface area contributed by atoms with Gasteiger partial charge < -0.3 is 9.80 Å². The first kappa shape index (κ1) is 22.7. The highest BCUT2D eigenvalue weighted by Gasteiger charge is 2.30. The number of non-ortho nitro benzene ring substituents is 1. The molecule has 1 amide bonds. The summed E-state index contributed by atoms with van der Waals surface area (Å²) in [7, 11) is 1.63. The van der Waals surface area contributed by atoms with E-state index in [2.05, 4.69) is 4.90 Å². The molecular weight excluding hydrogens is 411 g/mol. The van der Waals surface area contributed by atoms with E-state index in [1.807, 2.05) is 0 Å². The Bertz CT molecular complexity index is 926. The van der Waals surface area contributed by atoms with Gasteiger partial charge in [0, 0.05) is 25.7 Å². The number of alkyl halides is 3. The van der Waals surface area contributed by atoms with Crippen LogP contribution in [0.15, 0.2) is 48.5 Å². The zero-order valence-electron chi connectivity index (χ0n) is 17.1. The van der Waals surface area contributed by atoms with E-state index in [1.54, 1.807) is 19.2 Å². The van der Waals surface area contributed by atoms with Gasteiger partial charge in [-0.15, -0.1) is 0 Å². The van der Waals surface area contributed by atoms with Gasteiger partial charge in [0.15, 0.2) is 0 Å². The maximum atomic E-state index is 13.0. The predicted octanol–water partition coefficient (Wildman–Crippen LogP) is 4.45. The fourth-order valence-corrected chi connectivity index (χ4v) is 3.79. The molecule has 1 heterocycles. The van der Waals surface area contributed by atoms with Crippen molar-refractivity contribution in [3.8, 4) is 0 Å². The van der Waals surface area contributed by atoms with Crippen LogP contribution in [0.1, 0.15) is 35.6 Å². The summed E-state index contributed by atoms with van der Waals surface area (Å²) in [4.78, 5) is 27.4. The number of likely N-dealkylation sites (tertiary alicyclic amines) is 1. The molecule has 0 aliphatic carbocycles. The van der Waals surface area contributed by atoms with Crippen LogP contribution < -0.4 is 0 Å². The van der Waals surface area contributed by atoms with Crippen LogP contribution in [0.3, 0.4) is 0 Å². The fraction of sp³-hybridized carbons (Fsp3) is 0.409. The van der Waals surface area contributed by atoms with Crippen LogP contribution in [-0.4, -0.2) is 47.3 Å². The number of nitrogens with zero attached hydrogens (tertiary/aromatic N) is 3. The van der Waals surface area contributed by atoms with Gasteiger partial charge in [-0.1, -0.05) is 24.3 Å². The molecule has 6 nitrogen and oxygen atoms in total. The van der Waals surface area contributed by atoms with Crippen molar-refractivity contribution < 1.29 is 22.9 Å². The second kappa shape index (κ2) is 9.47. The minimum absolute atomic E-state index is 0.0486. The van der Waals surface area contributed by atoms with Crippen LogP contribution in [0.4, 0.5) is 18.9 Å². The van der Waals surface area contributed by atoms with Gasteiger partial charge in [-0.25, -0.2) is 0 Å². The molecule has 1 aliphatic rings. The highest BCUT2D eigenvalue weighted by molar-refractivity contribution is 5.79. The van der Waals surface area contributed by atoms with Gasteiger partial charge in [0.1, 0.15) is 0 Å². The van der Waals surface area contributed by atoms with Crippen LogP contribution in [0, 0.1) is 10.1 Å². The summed E-state index contributed by atoms with van der Waals surface area (Å²) >= 11 is 0. The van der Waals surface area contributed by atoms with Gasteiger partial charge in [0.25, 0.3) is 5.69 Å². The Morgan fingerprint density at radius 2 is 1.81 bits per heavy atom. The highest BCUT2D eigenvalue weighted by Crippen LogP contribution is 2.30. The monoisotopic (exact) mass is 435 g/mol. The summed E-state index contributed by atoms with van der Waals surface area (Å²) in [5.74, 6) is -0.268. The maximum absolute atomic E-state index is 13.0. The van der Waals surface area contributed by atoms with E-state index in [4.69, 9.17) is 0 Å². The number of amides is 1. The third-order valence-electron chi connectivity index (χ3n) is 5.59. The summed E-state index contributed by atoms with van der Waals surface area (Å²) in [5.41, 5.74) is 0.321. The van der Waals surface area contributed by atoms with E-state index in [9.17, 15) is 28.1 Å². The molecule has 0 N–H and O–H groups in total. The van der Waals surface area contributed by atoms with Crippen LogP contribution in [0.5, 0.6) is 0 Å². The molecule has 31 heavy (non-hydrogen) atoms. The number of nitro benzene ring substituents is 1. The van der Waals surface area contributed by atoms with Crippen LogP contribution in [0.25, 0.3) is 0 Å². The predicted molar refractivity (Wildman–Crippen MR) is 109 cm³/mol. The number of halogens is 3. The van der Waals surface area contributed by atoms with E-state index >= 15 is 0 Å². The number of carbonyl (C=O) groups is 1. The Hall–Kier alpha value is -2.94. The molecule has 0 aromatic heterocycles. The molecule has 9 heteroatoms. The fourth-order valence-electron chi connectivity index (χ4n) is 3.79. The summed E-state index contributed by atoms with van der Waals surface area (Å²) in [5, 5.41) is 11.2. The number of benzene rings is 2. The first-order valence-corrected chi connectivity index (χ1v) is 10.0. The van der Waals surface area contributed by atoms with Crippen molar-refractivity contribution in [2.45, 2.75) is 31.5 Å². The number of hydrogen-bond acceptors (Lipinski definition) is 4. The Morgan fingerprint density at radius 3 is 2.39 bits per heavy atom. The van der Waals surface area contributed by atoms with Gasteiger partial charge in [-0.05, 0) is 49.2 Å². The Labute approximate surface area is 178 Å². The second-order valence-corrected chi connectivity index (χ2v) is 7.75. The largest absolute Gasteiger partial charge is 0.416 e. The van der Waals surface area contributed by atoms with Crippen molar-refractivity contribution in [1.29, 1.82) is 0 Å². The molecule has 1 atom stereocenters. The first-order chi connectivity index (χ1) is 14.6. The number of nitro groups is 1. The van der Waals surface area contributed by atoms with Crippen molar-refractivity contribution in [3.63, 3.8) is 0 Å². The highest BCUT2D eigenvalue weighted by atomic mass is 19.4. The lowest BCUT2D eigenvalue weighted by atomic mass is 10.0. The summed E-state index contributed by atoms with van der Waals surface area (Å²) in [6.45, 7) is 2.33. The molecule has 2 aromatic carbocycles. The zero-order valence-corrected chi connectivity index (χ0v) is 17.1. The molecule has 0 spiro atoms. The lowest BCUT2D eigenvalue weighted by Crippen LogP contribution is -2.39. The number of carbonyl (C=O) groups excluding carboxylic acids is 1. The van der Waals surface area contributed by atoms with Crippen LogP contribution >= 0.6 is 0 Å². The average Bonchev–Trinajstić information content (AvgIpc) is 3.24. The quantitative estimate of drug-likeness (QED) is 0.476. The molecule has 1 saturated heterocycles. The van der Waals surface area contributed by atoms with Crippen molar-refractivity contribution >= 4 is 11.6 Å². The van der Waals surface area contributed by atoms with E-state index < -0.39 is 22.7 Å². The summed E-state index contributed by atoms with van der Waals surface area (Å²) in [6.07, 6.45) is -2.36. The molecule has 0 radical (unpaired) electrons. The minimum Gasteiger partial charge on any atom is -0.337 e. The number of likely N-dealkylation sites (N-methyl/N-ethyl adjacent to an activating group) is 1. The van der Waals surface area contributed by atoms with E-state index in [1.165, 1.54) is 29.2 Å². The number of rotatable bonds is 7. The van der Waals surface area contributed by atoms with Gasteiger partial charge in [0.05, 0.1) is 22.9 Å². The SMILES string of the molecule is CN(C(=O)Cc1ccc(C(F)(F)F)cc1)[C@H](CN1CCCC1)c1cccc([N+](=O)[O-])c1. The molecule has 2 aromatic rings. The first-order valence-electron chi connectivity index (χ1n) is 10.0. The van der Waals surface area contributed by atoms with Gasteiger partial charge in [-0.3, -0.25) is 14.9 Å². The smallest absolute Gasteiger partial charge is 0.337 e. The summed E-state index contributed by atoms with van der Waals surface area (Å²) < 4.78 is 38.3. The van der Waals surface area contributed by atoms with Crippen molar-refractivity contribution in [3.05, 3.63) is 75.3 Å². The summed E-state index contributed by atoms with van der Waals surface area (Å²) in [6, 6.07) is 10.4. The van der Waals surface area contributed by atoms with Gasteiger partial charge in [-0.2, -0.15) is 13.2 Å². The average molecular weight is 435 g/mol. The molecule has 0 unspecified atom stereocenters. The Morgan fingerprint density at radius 1 is 1.16 bits per heavy atom. The third-order valence-corrected chi connectivity index (χ3v) is 5.59. The van der Waals surface area contributed by atoms with Gasteiger partial charge >= 0.3 is 6.18 Å². The van der Waals surface area contributed by atoms with Crippen molar-refractivity contribution in [2.75, 3.05) is 26.7 Å². The topological polar surface area (TPSA) is 66.7 Å².